The lowest BCUT2D eigenvalue weighted by molar-refractivity contribution is 0.302. The Morgan fingerprint density at radius 3 is 1.03 bits per heavy atom. The van der Waals surface area contributed by atoms with E-state index in [1.54, 1.807) is 53.2 Å². The number of hydrogen-bond acceptors (Lipinski definition) is 10. The molecule has 0 fully saturated rings. The minimum absolute atomic E-state index is 0.0806. The largest absolute Gasteiger partial charge is 0.376 e. The molecule has 0 saturated carbocycles. The van der Waals surface area contributed by atoms with E-state index >= 15 is 0 Å². The summed E-state index contributed by atoms with van der Waals surface area (Å²) in [6, 6.07) is 33.7. The van der Waals surface area contributed by atoms with Gasteiger partial charge in [-0.25, -0.2) is 15.0 Å². The van der Waals surface area contributed by atoms with Crippen LogP contribution in [0, 0.1) is 0 Å². The Morgan fingerprint density at radius 2 is 0.694 bits per heavy atom. The highest BCUT2D eigenvalue weighted by Crippen LogP contribution is 2.37. The monoisotopic (exact) mass is 823 g/mol. The fraction of sp³-hybridized carbons (Fsp3) is 0.269. The molecule has 0 amide bonds. The zero-order chi connectivity index (χ0) is 43.4. The molecule has 316 valence electrons. The van der Waals surface area contributed by atoms with E-state index in [1.165, 1.54) is 39.2 Å². The second-order valence-corrected chi connectivity index (χ2v) is 15.1. The third-order valence-electron chi connectivity index (χ3n) is 11.5. The number of rotatable bonds is 3. The molecule has 0 saturated heterocycles. The smallest absolute Gasteiger partial charge is 0.157 e. The summed E-state index contributed by atoms with van der Waals surface area (Å²) < 4.78 is 0. The van der Waals surface area contributed by atoms with Gasteiger partial charge in [-0.3, -0.25) is 15.0 Å². The van der Waals surface area contributed by atoms with Gasteiger partial charge in [0, 0.05) is 86.6 Å². The molecule has 4 aromatic carbocycles. The first-order valence-electron chi connectivity index (χ1n) is 21.8. The second-order valence-electron chi connectivity index (χ2n) is 15.1. The van der Waals surface area contributed by atoms with Gasteiger partial charge in [0.25, 0.3) is 0 Å². The predicted octanol–water partition coefficient (Wildman–Crippen LogP) is 10.7. The van der Waals surface area contributed by atoms with E-state index < -0.39 is 0 Å². The Balaban J connectivity index is 0.000000123. The maximum absolute atomic E-state index is 9.44. The number of nitrogens with zero attached hydrogens (tertiary/aromatic N) is 9. The zero-order valence-corrected chi connectivity index (χ0v) is 36.8. The third kappa shape index (κ3) is 9.41. The van der Waals surface area contributed by atoms with Gasteiger partial charge < -0.3 is 19.8 Å². The molecular formula is C52H57N9O. The van der Waals surface area contributed by atoms with E-state index in [2.05, 4.69) is 146 Å². The van der Waals surface area contributed by atoms with Crippen molar-refractivity contribution in [2.75, 3.05) is 34.5 Å². The van der Waals surface area contributed by atoms with Gasteiger partial charge >= 0.3 is 0 Å². The zero-order valence-electron chi connectivity index (χ0n) is 36.8. The molecule has 0 bridgehead atoms. The van der Waals surface area contributed by atoms with Crippen LogP contribution in [0.1, 0.15) is 86.4 Å². The quantitative estimate of drug-likeness (QED) is 0.173. The maximum atomic E-state index is 9.44. The second kappa shape index (κ2) is 20.7. The number of benzene rings is 4. The average Bonchev–Trinajstić information content (AvgIpc) is 3.33. The van der Waals surface area contributed by atoms with E-state index in [1.807, 2.05) is 32.0 Å². The van der Waals surface area contributed by atoms with Crippen LogP contribution >= 0.6 is 0 Å². The molecule has 0 atom stereocenters. The highest BCUT2D eigenvalue weighted by molar-refractivity contribution is 5.72. The number of para-hydroxylation sites is 3. The van der Waals surface area contributed by atoms with Gasteiger partial charge in [-0.2, -0.15) is 0 Å². The van der Waals surface area contributed by atoms with Crippen molar-refractivity contribution < 1.29 is 5.11 Å². The molecule has 1 N–H and O–H groups in total. The van der Waals surface area contributed by atoms with Crippen LogP contribution in [0.15, 0.2) is 145 Å². The topological polar surface area (TPSA) is 107 Å². The Morgan fingerprint density at radius 1 is 0.403 bits per heavy atom. The first-order valence-corrected chi connectivity index (χ1v) is 21.8. The normalized spacial score (nSPS) is 13.4. The summed E-state index contributed by atoms with van der Waals surface area (Å²) in [4.78, 5) is 32.5. The minimum atomic E-state index is -0.0806. The Labute approximate surface area is 366 Å². The van der Waals surface area contributed by atoms with E-state index in [0.717, 1.165) is 85.4 Å². The molecular weight excluding hydrogens is 767 g/mol. The molecule has 0 spiro atoms. The van der Waals surface area contributed by atoms with E-state index in [9.17, 15) is 5.11 Å². The van der Waals surface area contributed by atoms with Crippen molar-refractivity contribution in [2.24, 2.45) is 0 Å². The van der Waals surface area contributed by atoms with Crippen LogP contribution in [0.3, 0.4) is 0 Å². The van der Waals surface area contributed by atoms with E-state index in [0.29, 0.717) is 0 Å². The fourth-order valence-corrected chi connectivity index (χ4v) is 8.34. The molecule has 11 rings (SSSR count). The number of aliphatic hydroxyl groups excluding tert-OH is 1. The number of aliphatic hydroxyl groups is 1. The minimum Gasteiger partial charge on any atom is -0.376 e. The van der Waals surface area contributed by atoms with Gasteiger partial charge in [-0.15, -0.1) is 0 Å². The van der Waals surface area contributed by atoms with Crippen molar-refractivity contribution in [3.8, 4) is 0 Å². The molecule has 7 aromatic rings. The van der Waals surface area contributed by atoms with Crippen LogP contribution < -0.4 is 14.7 Å². The van der Waals surface area contributed by atoms with E-state index in [4.69, 9.17) is 0 Å². The summed E-state index contributed by atoms with van der Waals surface area (Å²) in [7, 11) is 0. The highest BCUT2D eigenvalue weighted by Gasteiger charge is 2.25. The Bertz CT molecular complexity index is 2220. The summed E-state index contributed by atoms with van der Waals surface area (Å²) in [5.41, 5.74) is 16.6. The van der Waals surface area contributed by atoms with Crippen molar-refractivity contribution in [2.45, 2.75) is 73.6 Å². The maximum Gasteiger partial charge on any atom is 0.157 e. The van der Waals surface area contributed by atoms with Crippen molar-refractivity contribution in [1.29, 1.82) is 0 Å². The summed E-state index contributed by atoms with van der Waals surface area (Å²) in [5.74, 6) is 2.76. The molecule has 62 heavy (non-hydrogen) atoms. The molecule has 0 unspecified atom stereocenters. The summed E-state index contributed by atoms with van der Waals surface area (Å²) >= 11 is 0. The molecule has 10 heteroatoms. The average molecular weight is 824 g/mol. The lowest BCUT2D eigenvalue weighted by atomic mass is 9.88. The fourth-order valence-electron chi connectivity index (χ4n) is 8.34. The standard InChI is InChI=1S/2C13H13N3.C12H11N3O.C12H14.C2H6/c2*1-2-16-12-6-4-3-5-10(12)9-11-13(16)15-8-7-14-11;16-8-15-11-4-2-1-3-9(11)7-10-12(15)14-6-5-13-10;1-9-7-11-5-3-4-6-12(11)8-10(9)2;1-2/h2*3-8H,2,9H2,1H3;1-6,16H,7-8H2;3-6H,7-8H2,1-2H3;1-2H3. The first-order chi connectivity index (χ1) is 30.5. The van der Waals surface area contributed by atoms with Crippen LogP contribution in [-0.4, -0.2) is 54.8 Å². The van der Waals surface area contributed by atoms with Crippen molar-refractivity contribution >= 4 is 34.5 Å². The Hall–Kier alpha value is -6.78. The van der Waals surface area contributed by atoms with Crippen LogP contribution in [0.5, 0.6) is 0 Å². The number of aromatic nitrogens is 6. The molecule has 1 aliphatic carbocycles. The number of fused-ring (bicyclic) bond motifs is 7. The molecule has 0 radical (unpaired) electrons. The van der Waals surface area contributed by atoms with Crippen molar-refractivity contribution in [1.82, 2.24) is 29.9 Å². The van der Waals surface area contributed by atoms with Gasteiger partial charge in [-0.1, -0.05) is 104 Å². The number of anilines is 6. The van der Waals surface area contributed by atoms with Gasteiger partial charge in [-0.05, 0) is 86.6 Å². The van der Waals surface area contributed by atoms with Gasteiger partial charge in [0.05, 0.1) is 17.1 Å². The van der Waals surface area contributed by atoms with Crippen molar-refractivity contribution in [3.05, 3.63) is 190 Å². The first kappa shape index (κ1) is 43.3. The van der Waals surface area contributed by atoms with Crippen LogP contribution in [0.25, 0.3) is 0 Å². The number of allylic oxidation sites excluding steroid dienone is 2. The van der Waals surface area contributed by atoms with Crippen LogP contribution in [0.2, 0.25) is 0 Å². The summed E-state index contributed by atoms with van der Waals surface area (Å²) in [6.45, 7) is 14.5. The van der Waals surface area contributed by atoms with Crippen molar-refractivity contribution in [3.63, 3.8) is 0 Å². The van der Waals surface area contributed by atoms with Gasteiger partial charge in [0.2, 0.25) is 0 Å². The van der Waals surface area contributed by atoms with Crippen LogP contribution in [0.4, 0.5) is 34.5 Å². The van der Waals surface area contributed by atoms with Gasteiger partial charge in [0.15, 0.2) is 17.5 Å². The molecule has 6 heterocycles. The summed E-state index contributed by atoms with van der Waals surface area (Å²) in [5, 5.41) is 9.44. The SMILES string of the molecule is CC.CC1=C(C)Cc2ccccc2C1.CCN1c2ccccc2Cc2nccnc21.CCN1c2ccccc2Cc2nccnc21.OCN1c2ccccc2Cc2nccnc21. The highest BCUT2D eigenvalue weighted by atomic mass is 16.3. The molecule has 10 nitrogen and oxygen atoms in total. The molecule has 3 aliphatic heterocycles. The lowest BCUT2D eigenvalue weighted by Gasteiger charge is -2.30. The summed E-state index contributed by atoms with van der Waals surface area (Å²) in [6.07, 6.45) is 15.2. The number of hydrogen-bond donors (Lipinski definition) is 1. The van der Waals surface area contributed by atoms with Crippen LogP contribution in [-0.2, 0) is 32.1 Å². The lowest BCUT2D eigenvalue weighted by Crippen LogP contribution is -2.25. The van der Waals surface area contributed by atoms with E-state index in [-0.39, 0.29) is 6.73 Å². The van der Waals surface area contributed by atoms with Gasteiger partial charge in [0.1, 0.15) is 6.73 Å². The predicted molar refractivity (Wildman–Crippen MR) is 252 cm³/mol. The third-order valence-corrected chi connectivity index (χ3v) is 11.5. The Kier molecular flexibility index (Phi) is 14.4. The molecule has 4 aliphatic rings. The molecule has 3 aromatic heterocycles.